The number of amides is 3. The summed E-state index contributed by atoms with van der Waals surface area (Å²) >= 11 is 12.5. The molecule has 0 radical (unpaired) electrons. The number of hydrogen-bond acceptors (Lipinski definition) is 6. The Morgan fingerprint density at radius 3 is 2.17 bits per heavy atom. The van der Waals surface area contributed by atoms with E-state index in [2.05, 4.69) is 4.98 Å². The molecule has 1 atom stereocenters. The predicted molar refractivity (Wildman–Crippen MR) is 146 cm³/mol. The summed E-state index contributed by atoms with van der Waals surface area (Å²) < 4.78 is 68.2. The summed E-state index contributed by atoms with van der Waals surface area (Å²) in [5, 5.41) is 0.0264. The Morgan fingerprint density at radius 1 is 0.902 bits per heavy atom. The van der Waals surface area contributed by atoms with E-state index in [1.54, 1.807) is 12.1 Å². The molecule has 9 nitrogen and oxygen atoms in total. The lowest BCUT2D eigenvalue weighted by atomic mass is 10.1. The molecule has 0 bridgehead atoms. The zero-order valence-corrected chi connectivity index (χ0v) is 23.5. The van der Waals surface area contributed by atoms with Crippen molar-refractivity contribution in [1.82, 2.24) is 14.2 Å². The molecule has 0 N–H and O–H groups in total. The number of aromatic nitrogens is 1. The second kappa shape index (κ2) is 11.0. The molecule has 41 heavy (non-hydrogen) atoms. The number of urea groups is 1. The summed E-state index contributed by atoms with van der Waals surface area (Å²) in [5.41, 5.74) is -0.747. The third-order valence-corrected chi connectivity index (χ3v) is 9.41. The van der Waals surface area contributed by atoms with Crippen molar-refractivity contribution < 1.29 is 31.2 Å². The molecule has 2 aliphatic rings. The van der Waals surface area contributed by atoms with Crippen molar-refractivity contribution in [1.29, 1.82) is 0 Å². The fraction of sp³-hybridized carbons (Fsp3) is 0.269. The first-order chi connectivity index (χ1) is 19.4. The Kier molecular flexibility index (Phi) is 7.79. The SMILES string of the molecule is O=C(C1CN(S(=O)(=O)c2ccccc2Cl)C(=O)N1c1ccccc1Cl)N1CCN(c2ncccc2C(F)(F)F)CC1. The van der Waals surface area contributed by atoms with Gasteiger partial charge in [0.1, 0.15) is 16.8 Å². The number of rotatable bonds is 5. The van der Waals surface area contributed by atoms with Crippen molar-refractivity contribution in [2.24, 2.45) is 0 Å². The van der Waals surface area contributed by atoms with Gasteiger partial charge in [0.15, 0.2) is 0 Å². The molecule has 15 heteroatoms. The first-order valence-electron chi connectivity index (χ1n) is 12.3. The number of para-hydroxylation sites is 1. The van der Waals surface area contributed by atoms with Gasteiger partial charge in [0.25, 0.3) is 10.0 Å². The molecular formula is C26H22Cl2F3N5O4S. The van der Waals surface area contributed by atoms with Gasteiger partial charge >= 0.3 is 12.2 Å². The molecule has 0 saturated carbocycles. The Morgan fingerprint density at radius 2 is 1.54 bits per heavy atom. The molecule has 2 aliphatic heterocycles. The van der Waals surface area contributed by atoms with E-state index in [0.717, 1.165) is 11.0 Å². The number of halogens is 5. The largest absolute Gasteiger partial charge is 0.419 e. The Hall–Kier alpha value is -3.55. The predicted octanol–water partition coefficient (Wildman–Crippen LogP) is 4.76. The van der Waals surface area contributed by atoms with Gasteiger partial charge < -0.3 is 9.80 Å². The molecule has 3 aromatic rings. The van der Waals surface area contributed by atoms with Crippen LogP contribution in [-0.2, 0) is 21.0 Å². The molecular weight excluding hydrogens is 606 g/mol. The van der Waals surface area contributed by atoms with Gasteiger partial charge in [0, 0.05) is 32.4 Å². The maximum atomic E-state index is 13.8. The highest BCUT2D eigenvalue weighted by molar-refractivity contribution is 7.89. The molecule has 216 valence electrons. The fourth-order valence-corrected chi connectivity index (χ4v) is 6.96. The number of carbonyl (C=O) groups excluding carboxylic acids is 2. The lowest BCUT2D eigenvalue weighted by molar-refractivity contribution is -0.137. The van der Waals surface area contributed by atoms with E-state index >= 15 is 0 Å². The maximum absolute atomic E-state index is 13.8. The summed E-state index contributed by atoms with van der Waals surface area (Å²) in [6.07, 6.45) is -3.34. The van der Waals surface area contributed by atoms with Crippen LogP contribution in [0.2, 0.25) is 10.0 Å². The van der Waals surface area contributed by atoms with Crippen LogP contribution in [0.3, 0.4) is 0 Å². The van der Waals surface area contributed by atoms with Gasteiger partial charge in [-0.25, -0.2) is 22.5 Å². The highest BCUT2D eigenvalue weighted by Gasteiger charge is 2.50. The van der Waals surface area contributed by atoms with Gasteiger partial charge in [-0.2, -0.15) is 13.2 Å². The van der Waals surface area contributed by atoms with Gasteiger partial charge in [-0.05, 0) is 36.4 Å². The number of sulfonamides is 1. The van der Waals surface area contributed by atoms with Crippen molar-refractivity contribution in [2.75, 3.05) is 42.5 Å². The van der Waals surface area contributed by atoms with E-state index < -0.39 is 46.3 Å². The number of benzene rings is 2. The van der Waals surface area contributed by atoms with Crippen LogP contribution in [0.1, 0.15) is 5.56 Å². The Bertz CT molecular complexity index is 1600. The molecule has 3 amide bonds. The number of anilines is 2. The first-order valence-corrected chi connectivity index (χ1v) is 14.5. The van der Waals surface area contributed by atoms with E-state index in [9.17, 15) is 31.2 Å². The van der Waals surface area contributed by atoms with Gasteiger partial charge in [-0.1, -0.05) is 47.5 Å². The van der Waals surface area contributed by atoms with Gasteiger partial charge in [0.05, 0.1) is 27.8 Å². The standard InChI is InChI=1S/C26H22Cl2F3N5O4S/c27-18-7-1-3-9-20(18)36-21(16-35(25(36)38)41(39,40)22-10-4-2-8-19(22)28)24(37)34-14-12-33(13-15-34)23-17(26(29,30)31)6-5-11-32-23/h1-11,21H,12-16H2. The second-order valence-electron chi connectivity index (χ2n) is 9.27. The van der Waals surface area contributed by atoms with Crippen LogP contribution in [0.4, 0.5) is 29.5 Å². The average Bonchev–Trinajstić information content (AvgIpc) is 3.30. The van der Waals surface area contributed by atoms with Crippen molar-refractivity contribution in [3.63, 3.8) is 0 Å². The molecule has 5 rings (SSSR count). The summed E-state index contributed by atoms with van der Waals surface area (Å²) in [6.45, 7) is -0.397. The van der Waals surface area contributed by atoms with E-state index in [0.29, 0.717) is 4.31 Å². The molecule has 1 unspecified atom stereocenters. The molecule has 3 heterocycles. The average molecular weight is 628 g/mol. The van der Waals surface area contributed by atoms with E-state index in [1.807, 2.05) is 0 Å². The monoisotopic (exact) mass is 627 g/mol. The third kappa shape index (κ3) is 5.41. The van der Waals surface area contributed by atoms with Crippen molar-refractivity contribution >= 4 is 56.7 Å². The maximum Gasteiger partial charge on any atom is 0.419 e. The quantitative estimate of drug-likeness (QED) is 0.405. The number of nitrogens with zero attached hydrogens (tertiary/aromatic N) is 5. The van der Waals surface area contributed by atoms with Crippen molar-refractivity contribution in [3.05, 3.63) is 82.5 Å². The zero-order valence-electron chi connectivity index (χ0n) is 21.1. The van der Waals surface area contributed by atoms with Crippen LogP contribution in [-0.4, -0.2) is 73.3 Å². The molecule has 2 aromatic carbocycles. The second-order valence-corrected chi connectivity index (χ2v) is 11.9. The Labute approximate surface area is 243 Å². The topological polar surface area (TPSA) is 94.1 Å². The van der Waals surface area contributed by atoms with Crippen LogP contribution in [0, 0.1) is 0 Å². The van der Waals surface area contributed by atoms with Gasteiger partial charge in [0.2, 0.25) is 5.91 Å². The minimum atomic E-state index is -4.60. The lowest BCUT2D eigenvalue weighted by Gasteiger charge is -2.38. The summed E-state index contributed by atoms with van der Waals surface area (Å²) in [7, 11) is -4.46. The van der Waals surface area contributed by atoms with Crippen LogP contribution in [0.5, 0.6) is 0 Å². The minimum Gasteiger partial charge on any atom is -0.353 e. The molecule has 0 spiro atoms. The minimum absolute atomic E-state index is 0.0189. The fourth-order valence-electron chi connectivity index (χ4n) is 4.87. The van der Waals surface area contributed by atoms with Gasteiger partial charge in [-0.15, -0.1) is 0 Å². The summed E-state index contributed by atoms with van der Waals surface area (Å²) in [6, 6.07) is 11.7. The zero-order chi connectivity index (χ0) is 29.5. The molecule has 1 aromatic heterocycles. The number of piperazine rings is 1. The lowest BCUT2D eigenvalue weighted by Crippen LogP contribution is -2.55. The number of carbonyl (C=O) groups is 2. The van der Waals surface area contributed by atoms with Crippen LogP contribution < -0.4 is 9.80 Å². The van der Waals surface area contributed by atoms with Crippen molar-refractivity contribution in [2.45, 2.75) is 17.1 Å². The highest BCUT2D eigenvalue weighted by atomic mass is 35.5. The van der Waals surface area contributed by atoms with E-state index in [1.165, 1.54) is 58.5 Å². The molecule has 2 fully saturated rings. The first kappa shape index (κ1) is 29.0. The van der Waals surface area contributed by atoms with Crippen LogP contribution in [0.25, 0.3) is 0 Å². The van der Waals surface area contributed by atoms with E-state index in [-0.39, 0.29) is 52.6 Å². The van der Waals surface area contributed by atoms with Gasteiger partial charge in [-0.3, -0.25) is 9.69 Å². The van der Waals surface area contributed by atoms with Crippen LogP contribution in [0.15, 0.2) is 71.8 Å². The summed E-state index contributed by atoms with van der Waals surface area (Å²) in [4.78, 5) is 34.9. The summed E-state index contributed by atoms with van der Waals surface area (Å²) in [5.74, 6) is -0.815. The smallest absolute Gasteiger partial charge is 0.353 e. The molecule has 0 aliphatic carbocycles. The number of hydrogen-bond donors (Lipinski definition) is 0. The number of alkyl halides is 3. The Balaban J connectivity index is 1.43. The van der Waals surface area contributed by atoms with Crippen molar-refractivity contribution in [3.8, 4) is 0 Å². The van der Waals surface area contributed by atoms with E-state index in [4.69, 9.17) is 23.2 Å². The van der Waals surface area contributed by atoms with Crippen LogP contribution >= 0.6 is 23.2 Å². The normalized spacial score (nSPS) is 18.3. The number of pyridine rings is 1. The highest BCUT2D eigenvalue weighted by Crippen LogP contribution is 2.37. The molecule has 2 saturated heterocycles. The third-order valence-electron chi connectivity index (χ3n) is 6.85.